The lowest BCUT2D eigenvalue weighted by atomic mass is 9.75. The fourth-order valence-electron chi connectivity index (χ4n) is 2.71. The molecule has 1 aromatic carbocycles. The summed E-state index contributed by atoms with van der Waals surface area (Å²) in [7, 11) is 2.03. The molecule has 3 heteroatoms. The number of aromatic nitrogens is 2. The standard InChI is InChI=1S/C18H29N3/c1-13(2)18(5,12-19-14(3)4)11-16-15-9-7-8-10-17(15)21(6)20-16/h7-10,13-14,19H,11-12H2,1-6H3. The van der Waals surface area contributed by atoms with E-state index >= 15 is 0 Å². The molecule has 0 fully saturated rings. The molecule has 0 spiro atoms. The second kappa shape index (κ2) is 6.18. The highest BCUT2D eigenvalue weighted by molar-refractivity contribution is 5.81. The number of hydrogen-bond acceptors (Lipinski definition) is 2. The summed E-state index contributed by atoms with van der Waals surface area (Å²) in [6.07, 6.45) is 1.01. The minimum Gasteiger partial charge on any atom is -0.314 e. The smallest absolute Gasteiger partial charge is 0.0709 e. The van der Waals surface area contributed by atoms with Gasteiger partial charge in [-0.05, 0) is 23.8 Å². The third-order valence-electron chi connectivity index (χ3n) is 4.71. The SMILES string of the molecule is CC(C)NCC(C)(Cc1nn(C)c2ccccc12)C(C)C. The summed E-state index contributed by atoms with van der Waals surface area (Å²) in [5, 5.41) is 9.67. The number of hydrogen-bond donors (Lipinski definition) is 1. The van der Waals surface area contributed by atoms with Crippen LogP contribution in [0.1, 0.15) is 40.3 Å². The second-order valence-corrected chi connectivity index (χ2v) is 7.11. The zero-order valence-electron chi connectivity index (χ0n) is 14.3. The molecule has 0 aliphatic heterocycles. The van der Waals surface area contributed by atoms with Crippen LogP contribution in [0.4, 0.5) is 0 Å². The van der Waals surface area contributed by atoms with E-state index in [9.17, 15) is 0 Å². The van der Waals surface area contributed by atoms with Gasteiger partial charge in [-0.2, -0.15) is 5.10 Å². The van der Waals surface area contributed by atoms with Crippen LogP contribution in [-0.4, -0.2) is 22.4 Å². The zero-order valence-corrected chi connectivity index (χ0v) is 14.3. The summed E-state index contributed by atoms with van der Waals surface area (Å²) in [6, 6.07) is 9.03. The van der Waals surface area contributed by atoms with Crippen LogP contribution in [0, 0.1) is 11.3 Å². The number of fused-ring (bicyclic) bond motifs is 1. The largest absolute Gasteiger partial charge is 0.314 e. The van der Waals surface area contributed by atoms with E-state index in [0.717, 1.165) is 13.0 Å². The van der Waals surface area contributed by atoms with E-state index in [0.29, 0.717) is 12.0 Å². The van der Waals surface area contributed by atoms with Gasteiger partial charge >= 0.3 is 0 Å². The van der Waals surface area contributed by atoms with Gasteiger partial charge in [-0.1, -0.05) is 52.8 Å². The van der Waals surface area contributed by atoms with E-state index in [1.54, 1.807) is 0 Å². The molecule has 0 radical (unpaired) electrons. The van der Waals surface area contributed by atoms with E-state index < -0.39 is 0 Å². The highest BCUT2D eigenvalue weighted by atomic mass is 15.3. The van der Waals surface area contributed by atoms with Crippen LogP contribution in [0.5, 0.6) is 0 Å². The number of para-hydroxylation sites is 1. The van der Waals surface area contributed by atoms with Gasteiger partial charge in [0.05, 0.1) is 11.2 Å². The summed E-state index contributed by atoms with van der Waals surface area (Å²) >= 11 is 0. The molecule has 116 valence electrons. The van der Waals surface area contributed by atoms with Crippen molar-refractivity contribution in [2.45, 2.75) is 47.1 Å². The Hall–Kier alpha value is -1.35. The maximum absolute atomic E-state index is 4.77. The third kappa shape index (κ3) is 3.46. The Morgan fingerprint density at radius 3 is 2.48 bits per heavy atom. The van der Waals surface area contributed by atoms with Crippen LogP contribution < -0.4 is 5.32 Å². The summed E-state index contributed by atoms with van der Waals surface area (Å²) in [5.74, 6) is 0.601. The molecule has 0 saturated carbocycles. The average Bonchev–Trinajstić information content (AvgIpc) is 2.74. The van der Waals surface area contributed by atoms with Gasteiger partial charge in [0.15, 0.2) is 0 Å². The fourth-order valence-corrected chi connectivity index (χ4v) is 2.71. The normalized spacial score (nSPS) is 15.0. The Bertz CT molecular complexity index is 598. The Kier molecular flexibility index (Phi) is 4.72. The van der Waals surface area contributed by atoms with Crippen molar-refractivity contribution in [3.63, 3.8) is 0 Å². The van der Waals surface area contributed by atoms with E-state index in [2.05, 4.69) is 64.2 Å². The number of benzene rings is 1. The van der Waals surface area contributed by atoms with Crippen molar-refractivity contribution < 1.29 is 0 Å². The number of aryl methyl sites for hydroxylation is 1. The minimum absolute atomic E-state index is 0.210. The minimum atomic E-state index is 0.210. The van der Waals surface area contributed by atoms with Gasteiger partial charge in [-0.25, -0.2) is 0 Å². The van der Waals surface area contributed by atoms with Gasteiger partial charge in [0.1, 0.15) is 0 Å². The predicted molar refractivity (Wildman–Crippen MR) is 90.5 cm³/mol. The van der Waals surface area contributed by atoms with Crippen molar-refractivity contribution in [3.8, 4) is 0 Å². The van der Waals surface area contributed by atoms with Crippen molar-refractivity contribution in [1.29, 1.82) is 0 Å². The maximum Gasteiger partial charge on any atom is 0.0709 e. The van der Waals surface area contributed by atoms with Crippen LogP contribution in [0.2, 0.25) is 0 Å². The van der Waals surface area contributed by atoms with E-state index in [1.807, 2.05) is 11.7 Å². The molecule has 0 aliphatic carbocycles. The zero-order chi connectivity index (χ0) is 15.6. The maximum atomic E-state index is 4.77. The van der Waals surface area contributed by atoms with Crippen LogP contribution in [0.25, 0.3) is 10.9 Å². The van der Waals surface area contributed by atoms with Crippen molar-refractivity contribution in [1.82, 2.24) is 15.1 Å². The molecule has 0 aliphatic rings. The van der Waals surface area contributed by atoms with Crippen molar-refractivity contribution in [2.24, 2.45) is 18.4 Å². The molecule has 3 nitrogen and oxygen atoms in total. The van der Waals surface area contributed by atoms with Crippen LogP contribution >= 0.6 is 0 Å². The van der Waals surface area contributed by atoms with Gasteiger partial charge in [-0.15, -0.1) is 0 Å². The molecule has 21 heavy (non-hydrogen) atoms. The monoisotopic (exact) mass is 287 g/mol. The Labute approximate surface area is 128 Å². The molecule has 2 rings (SSSR count). The third-order valence-corrected chi connectivity index (χ3v) is 4.71. The molecular weight excluding hydrogens is 258 g/mol. The first-order chi connectivity index (χ1) is 9.83. The molecule has 1 unspecified atom stereocenters. The summed E-state index contributed by atoms with van der Waals surface area (Å²) in [6.45, 7) is 12.4. The molecule has 0 saturated heterocycles. The van der Waals surface area contributed by atoms with Gasteiger partial charge < -0.3 is 5.32 Å². The first-order valence-electron chi connectivity index (χ1n) is 7.97. The van der Waals surface area contributed by atoms with Gasteiger partial charge in [0.25, 0.3) is 0 Å². The molecule has 1 aromatic heterocycles. The topological polar surface area (TPSA) is 29.9 Å². The first kappa shape index (κ1) is 16.0. The number of nitrogens with zero attached hydrogens (tertiary/aromatic N) is 2. The lowest BCUT2D eigenvalue weighted by Crippen LogP contribution is -2.40. The summed E-state index contributed by atoms with van der Waals surface area (Å²) < 4.78 is 2.00. The average molecular weight is 287 g/mol. The summed E-state index contributed by atoms with van der Waals surface area (Å²) in [5.41, 5.74) is 2.65. The summed E-state index contributed by atoms with van der Waals surface area (Å²) in [4.78, 5) is 0. The highest BCUT2D eigenvalue weighted by Crippen LogP contribution is 2.32. The fraction of sp³-hybridized carbons (Fsp3) is 0.611. The lowest BCUT2D eigenvalue weighted by molar-refractivity contribution is 0.200. The quantitative estimate of drug-likeness (QED) is 0.876. The molecule has 0 amide bonds. The van der Waals surface area contributed by atoms with Crippen LogP contribution in [0.3, 0.4) is 0 Å². The Morgan fingerprint density at radius 2 is 1.86 bits per heavy atom. The molecule has 0 bridgehead atoms. The molecule has 2 aromatic rings. The van der Waals surface area contributed by atoms with Crippen LogP contribution in [0.15, 0.2) is 24.3 Å². The first-order valence-corrected chi connectivity index (χ1v) is 7.97. The molecule has 1 heterocycles. The van der Waals surface area contributed by atoms with E-state index in [-0.39, 0.29) is 5.41 Å². The predicted octanol–water partition coefficient (Wildman–Crippen LogP) is 3.78. The molecular formula is C18H29N3. The Morgan fingerprint density at radius 1 is 1.19 bits per heavy atom. The van der Waals surface area contributed by atoms with Gasteiger partial charge in [0, 0.05) is 25.0 Å². The van der Waals surface area contributed by atoms with Crippen LogP contribution in [-0.2, 0) is 13.5 Å². The van der Waals surface area contributed by atoms with Gasteiger partial charge in [0.2, 0.25) is 0 Å². The second-order valence-electron chi connectivity index (χ2n) is 7.11. The molecule has 1 atom stereocenters. The van der Waals surface area contributed by atoms with Crippen molar-refractivity contribution in [2.75, 3.05) is 6.54 Å². The van der Waals surface area contributed by atoms with Crippen molar-refractivity contribution >= 4 is 10.9 Å². The Balaban J connectivity index is 2.31. The van der Waals surface area contributed by atoms with Crippen molar-refractivity contribution in [3.05, 3.63) is 30.0 Å². The van der Waals surface area contributed by atoms with E-state index in [1.165, 1.54) is 16.6 Å². The number of rotatable bonds is 6. The number of nitrogens with one attached hydrogen (secondary N) is 1. The van der Waals surface area contributed by atoms with E-state index in [4.69, 9.17) is 5.10 Å². The molecule has 1 N–H and O–H groups in total. The van der Waals surface area contributed by atoms with Gasteiger partial charge in [-0.3, -0.25) is 4.68 Å². The highest BCUT2D eigenvalue weighted by Gasteiger charge is 2.30. The lowest BCUT2D eigenvalue weighted by Gasteiger charge is -2.34.